The van der Waals surface area contributed by atoms with Gasteiger partial charge in [0.25, 0.3) is 5.91 Å². The van der Waals surface area contributed by atoms with Crippen LogP contribution in [0.4, 0.5) is 5.69 Å². The van der Waals surface area contributed by atoms with Crippen LogP contribution in [0.25, 0.3) is 0 Å². The highest BCUT2D eigenvalue weighted by Gasteiger charge is 2.19. The number of nitrogens with one attached hydrogen (secondary N) is 1. The van der Waals surface area contributed by atoms with E-state index in [1.165, 1.54) is 0 Å². The predicted octanol–water partition coefficient (Wildman–Crippen LogP) is 4.29. The zero-order chi connectivity index (χ0) is 22.3. The molecule has 0 radical (unpaired) electrons. The highest BCUT2D eigenvalue weighted by molar-refractivity contribution is 7.99. The normalized spacial score (nSPS) is 13.4. The van der Waals surface area contributed by atoms with E-state index in [1.54, 1.807) is 60.7 Å². The van der Waals surface area contributed by atoms with Crippen LogP contribution in [0.2, 0.25) is 0 Å². The first kappa shape index (κ1) is 21.8. The standard InChI is InChI=1S/C26H24N2O3S/c29-24(28-14-16-32-17-15-28)18-19-10-12-21(13-11-19)27-26(31)23-9-5-4-8-22(23)25(30)20-6-2-1-3-7-20/h1-13H,14-18H2,(H,27,31). The second kappa shape index (κ2) is 10.3. The number of carbonyl (C=O) groups is 3. The van der Waals surface area contributed by atoms with E-state index in [0.717, 1.165) is 30.2 Å². The molecule has 0 atom stereocenters. The number of anilines is 1. The molecule has 0 bridgehead atoms. The van der Waals surface area contributed by atoms with Crippen molar-refractivity contribution in [3.63, 3.8) is 0 Å². The summed E-state index contributed by atoms with van der Waals surface area (Å²) in [7, 11) is 0. The molecule has 1 aliphatic heterocycles. The first-order chi connectivity index (χ1) is 15.6. The monoisotopic (exact) mass is 444 g/mol. The van der Waals surface area contributed by atoms with Gasteiger partial charge in [0, 0.05) is 41.4 Å². The van der Waals surface area contributed by atoms with Crippen LogP contribution >= 0.6 is 11.8 Å². The van der Waals surface area contributed by atoms with E-state index in [1.807, 2.05) is 34.9 Å². The average molecular weight is 445 g/mol. The Hall–Kier alpha value is -3.38. The third-order valence-corrected chi connectivity index (χ3v) is 6.33. The molecule has 1 fully saturated rings. The first-order valence-electron chi connectivity index (χ1n) is 10.6. The lowest BCUT2D eigenvalue weighted by molar-refractivity contribution is -0.130. The summed E-state index contributed by atoms with van der Waals surface area (Å²) in [5.41, 5.74) is 2.74. The maximum absolute atomic E-state index is 12.9. The summed E-state index contributed by atoms with van der Waals surface area (Å²) in [6.07, 6.45) is 0.354. The number of nitrogens with zero attached hydrogens (tertiary/aromatic N) is 1. The van der Waals surface area contributed by atoms with E-state index in [9.17, 15) is 14.4 Å². The Balaban J connectivity index is 1.43. The molecule has 0 aromatic heterocycles. The summed E-state index contributed by atoms with van der Waals surface area (Å²) in [5, 5.41) is 2.86. The number of hydrogen-bond acceptors (Lipinski definition) is 4. The summed E-state index contributed by atoms with van der Waals surface area (Å²) in [6, 6.07) is 23.0. The van der Waals surface area contributed by atoms with Gasteiger partial charge in [-0.15, -0.1) is 0 Å². The van der Waals surface area contributed by atoms with Crippen molar-refractivity contribution in [3.8, 4) is 0 Å². The van der Waals surface area contributed by atoms with E-state index in [4.69, 9.17) is 0 Å². The molecule has 3 aromatic carbocycles. The second-order valence-corrected chi connectivity index (χ2v) is 8.79. The van der Waals surface area contributed by atoms with E-state index in [2.05, 4.69) is 5.32 Å². The molecule has 6 heteroatoms. The van der Waals surface area contributed by atoms with Gasteiger partial charge in [-0.05, 0) is 23.8 Å². The van der Waals surface area contributed by atoms with Crippen molar-refractivity contribution >= 4 is 35.0 Å². The Morgan fingerprint density at radius 1 is 0.781 bits per heavy atom. The molecule has 1 saturated heterocycles. The first-order valence-corrected chi connectivity index (χ1v) is 11.7. The molecule has 3 aromatic rings. The van der Waals surface area contributed by atoms with Gasteiger partial charge in [-0.25, -0.2) is 0 Å². The zero-order valence-corrected chi connectivity index (χ0v) is 18.4. The van der Waals surface area contributed by atoms with Crippen molar-refractivity contribution in [2.75, 3.05) is 29.9 Å². The summed E-state index contributed by atoms with van der Waals surface area (Å²) < 4.78 is 0. The summed E-state index contributed by atoms with van der Waals surface area (Å²) >= 11 is 1.87. The highest BCUT2D eigenvalue weighted by atomic mass is 32.2. The van der Waals surface area contributed by atoms with Crippen LogP contribution in [0.3, 0.4) is 0 Å². The number of hydrogen-bond donors (Lipinski definition) is 1. The molecule has 0 unspecified atom stereocenters. The van der Waals surface area contributed by atoms with Crippen molar-refractivity contribution in [1.29, 1.82) is 0 Å². The van der Waals surface area contributed by atoms with Gasteiger partial charge in [0.15, 0.2) is 5.78 Å². The SMILES string of the molecule is O=C(Nc1ccc(CC(=O)N2CCSCC2)cc1)c1ccccc1C(=O)c1ccccc1. The smallest absolute Gasteiger partial charge is 0.256 e. The van der Waals surface area contributed by atoms with Crippen LogP contribution in [0.15, 0.2) is 78.9 Å². The van der Waals surface area contributed by atoms with E-state index in [0.29, 0.717) is 28.8 Å². The molecule has 5 nitrogen and oxygen atoms in total. The quantitative estimate of drug-likeness (QED) is 0.576. The highest BCUT2D eigenvalue weighted by Crippen LogP contribution is 2.18. The lowest BCUT2D eigenvalue weighted by atomic mass is 9.98. The Bertz CT molecular complexity index is 1110. The van der Waals surface area contributed by atoms with Crippen LogP contribution in [0.1, 0.15) is 31.8 Å². The van der Waals surface area contributed by atoms with E-state index >= 15 is 0 Å². The molecule has 2 amide bonds. The fourth-order valence-corrected chi connectivity index (χ4v) is 4.53. The molecule has 1 heterocycles. The Labute approximate surface area is 191 Å². The van der Waals surface area contributed by atoms with Crippen LogP contribution in [0.5, 0.6) is 0 Å². The van der Waals surface area contributed by atoms with Gasteiger partial charge in [0.05, 0.1) is 12.0 Å². The van der Waals surface area contributed by atoms with Crippen molar-refractivity contribution in [2.45, 2.75) is 6.42 Å². The van der Waals surface area contributed by atoms with Crippen LogP contribution < -0.4 is 5.32 Å². The van der Waals surface area contributed by atoms with E-state index < -0.39 is 0 Å². The second-order valence-electron chi connectivity index (χ2n) is 7.56. The molecule has 0 aliphatic carbocycles. The van der Waals surface area contributed by atoms with Crippen LogP contribution in [0, 0.1) is 0 Å². The number of amides is 2. The minimum atomic E-state index is -0.348. The molecule has 32 heavy (non-hydrogen) atoms. The lowest BCUT2D eigenvalue weighted by Gasteiger charge is -2.26. The Morgan fingerprint density at radius 3 is 2.09 bits per heavy atom. The fraction of sp³-hybridized carbons (Fsp3) is 0.192. The number of carbonyl (C=O) groups excluding carboxylic acids is 3. The van der Waals surface area contributed by atoms with Crippen molar-refractivity contribution < 1.29 is 14.4 Å². The molecule has 162 valence electrons. The molecular formula is C26H24N2O3S. The molecule has 4 rings (SSSR count). The summed E-state index contributed by atoms with van der Waals surface area (Å²) in [5.74, 6) is 1.58. The van der Waals surface area contributed by atoms with E-state index in [-0.39, 0.29) is 17.6 Å². The molecular weight excluding hydrogens is 420 g/mol. The van der Waals surface area contributed by atoms with Crippen LogP contribution in [-0.2, 0) is 11.2 Å². The largest absolute Gasteiger partial charge is 0.341 e. The van der Waals surface area contributed by atoms with Gasteiger partial charge in [0.1, 0.15) is 0 Å². The molecule has 0 saturated carbocycles. The van der Waals surface area contributed by atoms with Crippen molar-refractivity contribution in [3.05, 3.63) is 101 Å². The van der Waals surface area contributed by atoms with Crippen LogP contribution in [-0.4, -0.2) is 47.1 Å². The van der Waals surface area contributed by atoms with Gasteiger partial charge in [-0.3, -0.25) is 14.4 Å². The zero-order valence-electron chi connectivity index (χ0n) is 17.6. The Kier molecular flexibility index (Phi) is 7.02. The predicted molar refractivity (Wildman–Crippen MR) is 128 cm³/mol. The third kappa shape index (κ3) is 5.26. The number of benzene rings is 3. The fourth-order valence-electron chi connectivity index (χ4n) is 3.63. The van der Waals surface area contributed by atoms with Gasteiger partial charge in [-0.1, -0.05) is 60.7 Å². The molecule has 1 aliphatic rings. The number of rotatable bonds is 6. The topological polar surface area (TPSA) is 66.5 Å². The minimum absolute atomic E-state index is 0.135. The molecule has 1 N–H and O–H groups in total. The maximum atomic E-state index is 12.9. The maximum Gasteiger partial charge on any atom is 0.256 e. The average Bonchev–Trinajstić information content (AvgIpc) is 2.86. The lowest BCUT2D eigenvalue weighted by Crippen LogP contribution is -2.38. The third-order valence-electron chi connectivity index (χ3n) is 5.38. The van der Waals surface area contributed by atoms with Crippen molar-refractivity contribution in [1.82, 2.24) is 4.90 Å². The Morgan fingerprint density at radius 2 is 1.41 bits per heavy atom. The molecule has 0 spiro atoms. The minimum Gasteiger partial charge on any atom is -0.341 e. The van der Waals surface area contributed by atoms with Gasteiger partial charge >= 0.3 is 0 Å². The summed E-state index contributed by atoms with van der Waals surface area (Å²) in [4.78, 5) is 40.2. The number of ketones is 1. The number of thioether (sulfide) groups is 1. The summed E-state index contributed by atoms with van der Waals surface area (Å²) in [6.45, 7) is 1.61. The van der Waals surface area contributed by atoms with Gasteiger partial charge in [-0.2, -0.15) is 11.8 Å². The van der Waals surface area contributed by atoms with Gasteiger partial charge in [0.2, 0.25) is 5.91 Å². The van der Waals surface area contributed by atoms with Gasteiger partial charge < -0.3 is 10.2 Å². The van der Waals surface area contributed by atoms with Crippen molar-refractivity contribution in [2.24, 2.45) is 0 Å².